The fraction of sp³-hybridized carbons (Fsp3) is 0.412. The van der Waals surface area contributed by atoms with Crippen LogP contribution in [0.1, 0.15) is 17.0 Å². The third kappa shape index (κ3) is 3.91. The Morgan fingerprint density at radius 1 is 1.33 bits per heavy atom. The molecule has 0 bridgehead atoms. The Balaban J connectivity index is 1.60. The summed E-state index contributed by atoms with van der Waals surface area (Å²) < 4.78 is 5.20. The minimum Gasteiger partial charge on any atom is -0.391 e. The second kappa shape index (κ2) is 7.13. The molecule has 1 aliphatic rings. The molecule has 1 aromatic heterocycles. The quantitative estimate of drug-likeness (QED) is 0.900. The molecular formula is C17H18Cl2N2O3. The molecule has 1 aromatic carbocycles. The van der Waals surface area contributed by atoms with Crippen molar-refractivity contribution < 1.29 is 14.4 Å². The minimum atomic E-state index is -0.562. The van der Waals surface area contributed by atoms with Crippen LogP contribution in [0.3, 0.4) is 0 Å². The van der Waals surface area contributed by atoms with Gasteiger partial charge in [0.2, 0.25) is 5.91 Å². The average molecular weight is 369 g/mol. The van der Waals surface area contributed by atoms with Crippen LogP contribution in [0.4, 0.5) is 0 Å². The molecule has 128 valence electrons. The summed E-state index contributed by atoms with van der Waals surface area (Å²) in [6.07, 6.45) is 0.240. The number of likely N-dealkylation sites (tertiary alicyclic amines) is 1. The number of carbonyl (C=O) groups is 1. The average Bonchev–Trinajstić information content (AvgIpc) is 3.10. The number of β-amino-alcohol motifs (C(OH)–C–C–N with tert-alkyl or cyclic N) is 1. The van der Waals surface area contributed by atoms with Gasteiger partial charge in [-0.05, 0) is 24.6 Å². The predicted octanol–water partition coefficient (Wildman–Crippen LogP) is 2.89. The zero-order valence-electron chi connectivity index (χ0n) is 13.2. The monoisotopic (exact) mass is 368 g/mol. The van der Waals surface area contributed by atoms with Crippen molar-refractivity contribution in [3.05, 3.63) is 51.3 Å². The summed E-state index contributed by atoms with van der Waals surface area (Å²) in [5, 5.41) is 15.0. The fourth-order valence-corrected chi connectivity index (χ4v) is 3.29. The Hall–Kier alpha value is -1.56. The van der Waals surface area contributed by atoms with E-state index in [0.29, 0.717) is 29.6 Å². The first-order chi connectivity index (χ1) is 11.4. The van der Waals surface area contributed by atoms with Gasteiger partial charge in [-0.25, -0.2) is 0 Å². The lowest BCUT2D eigenvalue weighted by molar-refractivity contribution is -0.129. The second-order valence-electron chi connectivity index (χ2n) is 6.19. The summed E-state index contributed by atoms with van der Waals surface area (Å²) >= 11 is 11.9. The lowest BCUT2D eigenvalue weighted by Gasteiger charge is -2.16. The number of halogens is 2. The zero-order valence-corrected chi connectivity index (χ0v) is 14.7. The zero-order chi connectivity index (χ0) is 17.3. The van der Waals surface area contributed by atoms with Crippen LogP contribution < -0.4 is 0 Å². The number of hydrogen-bond donors (Lipinski definition) is 1. The van der Waals surface area contributed by atoms with E-state index in [0.717, 1.165) is 17.0 Å². The van der Waals surface area contributed by atoms with Crippen LogP contribution in [-0.2, 0) is 17.6 Å². The fourth-order valence-electron chi connectivity index (χ4n) is 2.97. The molecule has 3 rings (SSSR count). The highest BCUT2D eigenvalue weighted by Gasteiger charge is 2.34. The molecule has 0 spiro atoms. The Labute approximate surface area is 150 Å². The smallest absolute Gasteiger partial charge is 0.227 e. The van der Waals surface area contributed by atoms with Gasteiger partial charge in [0.1, 0.15) is 5.76 Å². The van der Waals surface area contributed by atoms with E-state index in [1.165, 1.54) is 0 Å². The molecule has 2 aromatic rings. The maximum Gasteiger partial charge on any atom is 0.227 e. The number of aliphatic hydroxyl groups is 1. The van der Waals surface area contributed by atoms with Gasteiger partial charge in [-0.3, -0.25) is 4.79 Å². The number of aliphatic hydroxyl groups excluding tert-OH is 1. The molecule has 1 aliphatic heterocycles. The van der Waals surface area contributed by atoms with Crippen LogP contribution in [0.5, 0.6) is 0 Å². The maximum atomic E-state index is 12.5. The number of benzene rings is 1. The molecule has 2 heterocycles. The molecule has 0 radical (unpaired) electrons. The summed E-state index contributed by atoms with van der Waals surface area (Å²) in [7, 11) is 0. The van der Waals surface area contributed by atoms with Crippen LogP contribution in [0.15, 0.2) is 28.8 Å². The highest BCUT2D eigenvalue weighted by Crippen LogP contribution is 2.25. The molecule has 1 saturated heterocycles. The number of rotatable bonds is 4. The van der Waals surface area contributed by atoms with Gasteiger partial charge < -0.3 is 14.5 Å². The van der Waals surface area contributed by atoms with E-state index in [2.05, 4.69) is 5.16 Å². The standard InChI is InChI=1S/C17H18Cl2N2O3/c1-10-4-13(24-20-10)7-12-8-21(9-16(12)22)17(23)6-11-2-3-14(18)15(19)5-11/h2-5,12,16,22H,6-9H2,1H3. The number of aromatic nitrogens is 1. The van der Waals surface area contributed by atoms with Crippen molar-refractivity contribution in [1.29, 1.82) is 0 Å². The van der Waals surface area contributed by atoms with Crippen molar-refractivity contribution in [3.8, 4) is 0 Å². The number of carbonyl (C=O) groups excluding carboxylic acids is 1. The molecular weight excluding hydrogens is 351 g/mol. The number of amides is 1. The van der Waals surface area contributed by atoms with Gasteiger partial charge in [0.05, 0.1) is 28.3 Å². The predicted molar refractivity (Wildman–Crippen MR) is 91.2 cm³/mol. The molecule has 1 fully saturated rings. The largest absolute Gasteiger partial charge is 0.391 e. The molecule has 0 saturated carbocycles. The Kier molecular flexibility index (Phi) is 5.13. The molecule has 1 N–H and O–H groups in total. The summed E-state index contributed by atoms with van der Waals surface area (Å²) in [5.74, 6) is 0.647. The summed E-state index contributed by atoms with van der Waals surface area (Å²) in [4.78, 5) is 14.1. The SMILES string of the molecule is Cc1cc(CC2CN(C(=O)Cc3ccc(Cl)c(Cl)c3)CC2O)on1. The van der Waals surface area contributed by atoms with Crippen LogP contribution >= 0.6 is 23.2 Å². The Morgan fingerprint density at radius 2 is 2.12 bits per heavy atom. The number of aryl methyl sites for hydroxylation is 1. The van der Waals surface area contributed by atoms with Crippen molar-refractivity contribution >= 4 is 29.1 Å². The first kappa shape index (κ1) is 17.3. The van der Waals surface area contributed by atoms with Crippen LogP contribution in [0.25, 0.3) is 0 Å². The lowest BCUT2D eigenvalue weighted by atomic mass is 10.0. The van der Waals surface area contributed by atoms with Crippen molar-refractivity contribution in [2.24, 2.45) is 5.92 Å². The highest BCUT2D eigenvalue weighted by atomic mass is 35.5. The molecule has 24 heavy (non-hydrogen) atoms. The van der Waals surface area contributed by atoms with Crippen LogP contribution in [0.2, 0.25) is 10.0 Å². The van der Waals surface area contributed by atoms with Crippen molar-refractivity contribution in [1.82, 2.24) is 10.1 Å². The van der Waals surface area contributed by atoms with E-state index in [4.69, 9.17) is 27.7 Å². The van der Waals surface area contributed by atoms with Gasteiger partial charge >= 0.3 is 0 Å². The molecule has 2 unspecified atom stereocenters. The van der Waals surface area contributed by atoms with E-state index in [9.17, 15) is 9.90 Å². The van der Waals surface area contributed by atoms with Gasteiger partial charge in [-0.15, -0.1) is 0 Å². The van der Waals surface area contributed by atoms with Crippen LogP contribution in [0, 0.1) is 12.8 Å². The second-order valence-corrected chi connectivity index (χ2v) is 7.00. The van der Waals surface area contributed by atoms with E-state index in [1.54, 1.807) is 23.1 Å². The van der Waals surface area contributed by atoms with Gasteiger partial charge in [0, 0.05) is 31.5 Å². The highest BCUT2D eigenvalue weighted by molar-refractivity contribution is 6.42. The van der Waals surface area contributed by atoms with Crippen molar-refractivity contribution in [2.45, 2.75) is 25.9 Å². The molecule has 2 atom stereocenters. The molecule has 1 amide bonds. The van der Waals surface area contributed by atoms with Gasteiger partial charge in [-0.1, -0.05) is 34.4 Å². The molecule has 7 heteroatoms. The summed E-state index contributed by atoms with van der Waals surface area (Å²) in [6, 6.07) is 7.02. The number of hydrogen-bond acceptors (Lipinski definition) is 4. The molecule has 5 nitrogen and oxygen atoms in total. The third-order valence-corrected chi connectivity index (χ3v) is 4.98. The lowest BCUT2D eigenvalue weighted by Crippen LogP contribution is -2.31. The van der Waals surface area contributed by atoms with E-state index in [1.807, 2.05) is 13.0 Å². The van der Waals surface area contributed by atoms with Gasteiger partial charge in [-0.2, -0.15) is 0 Å². The minimum absolute atomic E-state index is 0.0383. The summed E-state index contributed by atoms with van der Waals surface area (Å²) in [6.45, 7) is 2.68. The van der Waals surface area contributed by atoms with Gasteiger partial charge in [0.15, 0.2) is 0 Å². The van der Waals surface area contributed by atoms with Crippen LogP contribution in [-0.4, -0.2) is 40.3 Å². The first-order valence-electron chi connectivity index (χ1n) is 7.74. The third-order valence-electron chi connectivity index (χ3n) is 4.24. The van der Waals surface area contributed by atoms with Crippen molar-refractivity contribution in [3.63, 3.8) is 0 Å². The van der Waals surface area contributed by atoms with Crippen molar-refractivity contribution in [2.75, 3.05) is 13.1 Å². The van der Waals surface area contributed by atoms with Gasteiger partial charge in [0.25, 0.3) is 0 Å². The van der Waals surface area contributed by atoms with E-state index < -0.39 is 6.10 Å². The van der Waals surface area contributed by atoms with E-state index in [-0.39, 0.29) is 18.2 Å². The Morgan fingerprint density at radius 3 is 2.79 bits per heavy atom. The van der Waals surface area contributed by atoms with E-state index >= 15 is 0 Å². The topological polar surface area (TPSA) is 66.6 Å². The first-order valence-corrected chi connectivity index (χ1v) is 8.50. The summed E-state index contributed by atoms with van der Waals surface area (Å²) in [5.41, 5.74) is 1.61. The Bertz CT molecular complexity index is 747. The normalized spacial score (nSPS) is 20.6. The number of nitrogens with zero attached hydrogens (tertiary/aromatic N) is 2. The maximum absolute atomic E-state index is 12.5. The molecule has 0 aliphatic carbocycles.